The van der Waals surface area contributed by atoms with Gasteiger partial charge in [0.05, 0.1) is 29.9 Å². The number of carbonyl (C=O) groups is 2. The van der Waals surface area contributed by atoms with Crippen LogP contribution in [-0.4, -0.2) is 28.7 Å². The molecule has 0 aliphatic carbocycles. The topological polar surface area (TPSA) is 85.2 Å². The summed E-state index contributed by atoms with van der Waals surface area (Å²) in [5.41, 5.74) is 2.59. The molecule has 2 N–H and O–H groups in total. The van der Waals surface area contributed by atoms with E-state index in [9.17, 15) is 9.59 Å². The molecular weight excluding hydrogens is 427 g/mol. The van der Waals surface area contributed by atoms with Crippen molar-refractivity contribution < 1.29 is 14.3 Å². The molecule has 4 rings (SSSR count). The lowest BCUT2D eigenvalue weighted by Crippen LogP contribution is -2.36. The number of hydrogen-bond donors (Lipinski definition) is 2. The van der Waals surface area contributed by atoms with Crippen LogP contribution < -0.4 is 15.4 Å². The van der Waals surface area contributed by atoms with Crippen LogP contribution in [0, 0.1) is 6.92 Å². The second-order valence-electron chi connectivity index (χ2n) is 6.88. The van der Waals surface area contributed by atoms with Gasteiger partial charge in [0.15, 0.2) is 0 Å². The van der Waals surface area contributed by atoms with Crippen LogP contribution in [0.1, 0.15) is 18.0 Å². The van der Waals surface area contributed by atoms with Crippen LogP contribution in [0.25, 0.3) is 11.3 Å². The number of aromatic nitrogens is 2. The Kier molecular flexibility index (Phi) is 5.40. The normalized spacial score (nSPS) is 15.3. The summed E-state index contributed by atoms with van der Waals surface area (Å²) in [6, 6.07) is 11.4. The first-order valence-electron chi connectivity index (χ1n) is 9.16. The van der Waals surface area contributed by atoms with Gasteiger partial charge in [0.2, 0.25) is 11.8 Å². The summed E-state index contributed by atoms with van der Waals surface area (Å²) < 4.78 is 6.72. The monoisotopic (exact) mass is 444 g/mol. The van der Waals surface area contributed by atoms with E-state index in [2.05, 4.69) is 15.7 Å². The minimum Gasteiger partial charge on any atom is -0.497 e. The van der Waals surface area contributed by atoms with Crippen molar-refractivity contribution >= 4 is 46.5 Å². The summed E-state index contributed by atoms with van der Waals surface area (Å²) in [6.07, 6.45) is -0.0451. The Morgan fingerprint density at radius 1 is 1.27 bits per heavy atom. The Morgan fingerprint density at radius 3 is 2.80 bits per heavy atom. The van der Waals surface area contributed by atoms with Crippen molar-refractivity contribution in [2.75, 3.05) is 17.7 Å². The number of amides is 2. The Hall–Kier alpha value is -3.03. The first kappa shape index (κ1) is 20.3. The van der Waals surface area contributed by atoms with Crippen molar-refractivity contribution in [3.63, 3.8) is 0 Å². The Morgan fingerprint density at radius 2 is 2.07 bits per heavy atom. The van der Waals surface area contributed by atoms with E-state index in [0.29, 0.717) is 33.0 Å². The van der Waals surface area contributed by atoms with Gasteiger partial charge in [0, 0.05) is 22.2 Å². The van der Waals surface area contributed by atoms with Crippen molar-refractivity contribution in [2.45, 2.75) is 19.4 Å². The molecule has 0 radical (unpaired) electrons. The molecule has 154 valence electrons. The minimum absolute atomic E-state index is 0.0451. The van der Waals surface area contributed by atoms with E-state index >= 15 is 0 Å². The highest BCUT2D eigenvalue weighted by atomic mass is 35.5. The lowest BCUT2D eigenvalue weighted by molar-refractivity contribution is -0.125. The van der Waals surface area contributed by atoms with Gasteiger partial charge in [0.25, 0.3) is 0 Å². The lowest BCUT2D eigenvalue weighted by Gasteiger charge is -2.24. The first-order valence-corrected chi connectivity index (χ1v) is 9.92. The second kappa shape index (κ2) is 8.01. The molecule has 30 heavy (non-hydrogen) atoms. The summed E-state index contributed by atoms with van der Waals surface area (Å²) in [4.78, 5) is 25.4. The molecule has 0 fully saturated rings. The number of hydrogen-bond acceptors (Lipinski definition) is 4. The van der Waals surface area contributed by atoms with Crippen molar-refractivity contribution in [1.82, 2.24) is 9.78 Å². The fourth-order valence-corrected chi connectivity index (χ4v) is 3.75. The molecule has 2 amide bonds. The third kappa shape index (κ3) is 3.74. The number of fused-ring (bicyclic) bond motifs is 1. The smallest absolute Gasteiger partial charge is 0.249 e. The molecule has 0 bridgehead atoms. The van der Waals surface area contributed by atoms with E-state index in [1.807, 2.05) is 19.1 Å². The quantitative estimate of drug-likeness (QED) is 0.610. The van der Waals surface area contributed by atoms with E-state index in [1.165, 1.54) is 11.8 Å². The summed E-state index contributed by atoms with van der Waals surface area (Å²) >= 11 is 12.3. The van der Waals surface area contributed by atoms with Crippen molar-refractivity contribution in [2.24, 2.45) is 0 Å². The fourth-order valence-electron chi connectivity index (χ4n) is 3.40. The van der Waals surface area contributed by atoms with Gasteiger partial charge in [-0.15, -0.1) is 0 Å². The first-order chi connectivity index (χ1) is 14.4. The predicted octanol–water partition coefficient (Wildman–Crippen LogP) is 4.70. The molecular formula is C21H18Cl2N4O3. The van der Waals surface area contributed by atoms with E-state index in [-0.39, 0.29) is 12.3 Å². The number of anilines is 2. The van der Waals surface area contributed by atoms with Gasteiger partial charge in [-0.1, -0.05) is 35.3 Å². The van der Waals surface area contributed by atoms with Crippen LogP contribution in [0.15, 0.2) is 42.5 Å². The van der Waals surface area contributed by atoms with Gasteiger partial charge < -0.3 is 15.4 Å². The highest BCUT2D eigenvalue weighted by Gasteiger charge is 2.34. The maximum absolute atomic E-state index is 13.1. The molecule has 0 spiro atoms. The van der Waals surface area contributed by atoms with Crippen LogP contribution in [-0.2, 0) is 9.59 Å². The largest absolute Gasteiger partial charge is 0.497 e. The SMILES string of the molecule is COc1ccc(Cl)c(NC(=O)C2CC(=O)Nc3c(C)c(-c4cccc(Cl)c4)nn32)c1. The maximum atomic E-state index is 13.1. The zero-order valence-electron chi connectivity index (χ0n) is 16.2. The van der Waals surface area contributed by atoms with Gasteiger partial charge in [-0.25, -0.2) is 4.68 Å². The van der Waals surface area contributed by atoms with Gasteiger partial charge in [0.1, 0.15) is 17.6 Å². The zero-order valence-corrected chi connectivity index (χ0v) is 17.7. The summed E-state index contributed by atoms with van der Waals surface area (Å²) in [5, 5.41) is 11.2. The third-order valence-corrected chi connectivity index (χ3v) is 5.48. The molecule has 3 aromatic rings. The highest BCUT2D eigenvalue weighted by molar-refractivity contribution is 6.33. The van der Waals surface area contributed by atoms with Crippen LogP contribution in [0.4, 0.5) is 11.5 Å². The Bertz CT molecular complexity index is 1160. The average molecular weight is 445 g/mol. The molecule has 2 aromatic carbocycles. The number of rotatable bonds is 4. The molecule has 0 saturated heterocycles. The number of benzene rings is 2. The standard InChI is InChI=1S/C21H18Cl2N4O3/c1-11-19(12-4-3-5-13(22)8-12)26-27-17(10-18(28)25-20(11)27)21(29)24-16-9-14(30-2)6-7-15(16)23/h3-9,17H,10H2,1-2H3,(H,24,29)(H,25,28). The molecule has 2 heterocycles. The number of nitrogens with one attached hydrogen (secondary N) is 2. The van der Waals surface area contributed by atoms with Crippen LogP contribution in [0.3, 0.4) is 0 Å². The summed E-state index contributed by atoms with van der Waals surface area (Å²) in [6.45, 7) is 1.84. The molecule has 0 saturated carbocycles. The Labute approximate surface area is 182 Å². The fraction of sp³-hybridized carbons (Fsp3) is 0.190. The van der Waals surface area contributed by atoms with E-state index in [0.717, 1.165) is 11.1 Å². The van der Waals surface area contributed by atoms with E-state index in [4.69, 9.17) is 27.9 Å². The van der Waals surface area contributed by atoms with Crippen LogP contribution in [0.2, 0.25) is 10.0 Å². The molecule has 7 nitrogen and oxygen atoms in total. The van der Waals surface area contributed by atoms with E-state index in [1.54, 1.807) is 30.3 Å². The van der Waals surface area contributed by atoms with Gasteiger partial charge >= 0.3 is 0 Å². The van der Waals surface area contributed by atoms with Crippen LogP contribution in [0.5, 0.6) is 5.75 Å². The van der Waals surface area contributed by atoms with Gasteiger partial charge in [-0.3, -0.25) is 9.59 Å². The van der Waals surface area contributed by atoms with Gasteiger partial charge in [-0.2, -0.15) is 5.10 Å². The molecule has 1 unspecified atom stereocenters. The molecule has 9 heteroatoms. The zero-order chi connectivity index (χ0) is 21.4. The molecule has 1 aliphatic rings. The molecule has 1 atom stereocenters. The summed E-state index contributed by atoms with van der Waals surface area (Å²) in [7, 11) is 1.52. The minimum atomic E-state index is -0.831. The predicted molar refractivity (Wildman–Crippen MR) is 116 cm³/mol. The highest BCUT2D eigenvalue weighted by Crippen LogP contribution is 2.36. The number of nitrogens with zero attached hydrogens (tertiary/aromatic N) is 2. The van der Waals surface area contributed by atoms with Crippen LogP contribution >= 0.6 is 23.2 Å². The molecule has 1 aromatic heterocycles. The van der Waals surface area contributed by atoms with E-state index < -0.39 is 11.9 Å². The Balaban J connectivity index is 1.71. The van der Waals surface area contributed by atoms with Crippen molar-refractivity contribution in [3.05, 3.63) is 58.1 Å². The number of halogens is 2. The average Bonchev–Trinajstić information content (AvgIpc) is 3.05. The van der Waals surface area contributed by atoms with Crippen molar-refractivity contribution in [3.8, 4) is 17.0 Å². The lowest BCUT2D eigenvalue weighted by atomic mass is 10.1. The number of methoxy groups -OCH3 is 1. The second-order valence-corrected chi connectivity index (χ2v) is 7.72. The molecule has 1 aliphatic heterocycles. The summed E-state index contributed by atoms with van der Waals surface area (Å²) in [5.74, 6) is 0.370. The number of ether oxygens (including phenoxy) is 1. The van der Waals surface area contributed by atoms with Crippen molar-refractivity contribution in [1.29, 1.82) is 0 Å². The number of carbonyl (C=O) groups excluding carboxylic acids is 2. The third-order valence-electron chi connectivity index (χ3n) is 4.91. The maximum Gasteiger partial charge on any atom is 0.249 e. The van der Waals surface area contributed by atoms with Gasteiger partial charge in [-0.05, 0) is 31.2 Å².